The molecule has 0 bridgehead atoms. The molecule has 1 amide bonds. The van der Waals surface area contributed by atoms with Gasteiger partial charge in [-0.3, -0.25) is 9.59 Å². The van der Waals surface area contributed by atoms with Gasteiger partial charge in [-0.25, -0.2) is 0 Å². The van der Waals surface area contributed by atoms with Gasteiger partial charge in [0.2, 0.25) is 5.91 Å². The maximum atomic E-state index is 12.8. The molecule has 2 aromatic carbocycles. The molecule has 1 heterocycles. The molecule has 0 N–H and O–H groups in total. The van der Waals surface area contributed by atoms with Gasteiger partial charge in [-0.05, 0) is 24.0 Å². The number of hydrogen-bond acceptors (Lipinski definition) is 2. The molecule has 2 aromatic rings. The fraction of sp³-hybridized carbons (Fsp3) is 0.333. The van der Waals surface area contributed by atoms with Crippen LogP contribution in [0.4, 0.5) is 0 Å². The summed E-state index contributed by atoms with van der Waals surface area (Å²) in [4.78, 5) is 26.5. The lowest BCUT2D eigenvalue weighted by molar-refractivity contribution is -0.132. The summed E-state index contributed by atoms with van der Waals surface area (Å²) in [6.07, 6.45) is 2.28. The van der Waals surface area contributed by atoms with Crippen LogP contribution < -0.4 is 0 Å². The number of piperidine rings is 1. The summed E-state index contributed by atoms with van der Waals surface area (Å²) < 4.78 is 0. The topological polar surface area (TPSA) is 37.4 Å². The van der Waals surface area contributed by atoms with Crippen molar-refractivity contribution in [2.45, 2.75) is 26.2 Å². The maximum Gasteiger partial charge on any atom is 0.222 e. The van der Waals surface area contributed by atoms with Gasteiger partial charge in [-0.2, -0.15) is 0 Å². The molecule has 0 unspecified atom stereocenters. The molecule has 24 heavy (non-hydrogen) atoms. The van der Waals surface area contributed by atoms with Gasteiger partial charge in [-0.15, -0.1) is 0 Å². The molecule has 3 heteroatoms. The van der Waals surface area contributed by atoms with Crippen molar-refractivity contribution in [3.63, 3.8) is 0 Å². The molecule has 0 aromatic heterocycles. The number of carbonyl (C=O) groups is 2. The molecule has 0 radical (unpaired) electrons. The number of Topliss-reactive ketones (excluding diaryl/α,β-unsaturated/α-hetero) is 1. The lowest BCUT2D eigenvalue weighted by Gasteiger charge is -2.32. The average molecular weight is 321 g/mol. The van der Waals surface area contributed by atoms with E-state index in [0.717, 1.165) is 36.1 Å². The number of carbonyl (C=O) groups excluding carboxylic acids is 2. The third-order valence-corrected chi connectivity index (χ3v) is 4.72. The van der Waals surface area contributed by atoms with Crippen molar-refractivity contribution in [2.24, 2.45) is 5.92 Å². The van der Waals surface area contributed by atoms with Gasteiger partial charge >= 0.3 is 0 Å². The average Bonchev–Trinajstić information content (AvgIpc) is 2.67. The number of nitrogens with zero attached hydrogens (tertiary/aromatic N) is 1. The van der Waals surface area contributed by atoms with Crippen LogP contribution in [0.5, 0.6) is 0 Å². The zero-order valence-electron chi connectivity index (χ0n) is 14.1. The van der Waals surface area contributed by atoms with E-state index in [-0.39, 0.29) is 17.6 Å². The fourth-order valence-electron chi connectivity index (χ4n) is 3.33. The normalized spacial score (nSPS) is 17.5. The van der Waals surface area contributed by atoms with Gasteiger partial charge in [0.15, 0.2) is 5.78 Å². The molecule has 1 aliphatic rings. The highest BCUT2D eigenvalue weighted by Crippen LogP contribution is 2.24. The highest BCUT2D eigenvalue weighted by molar-refractivity contribution is 5.98. The van der Waals surface area contributed by atoms with E-state index in [9.17, 15) is 9.59 Å². The van der Waals surface area contributed by atoms with Crippen LogP contribution >= 0.6 is 0 Å². The Balaban J connectivity index is 1.72. The van der Waals surface area contributed by atoms with Gasteiger partial charge in [0.25, 0.3) is 0 Å². The number of hydrogen-bond donors (Lipinski definition) is 0. The minimum atomic E-state index is -0.0724. The van der Waals surface area contributed by atoms with Crippen LogP contribution in [0.25, 0.3) is 11.1 Å². The van der Waals surface area contributed by atoms with Crippen LogP contribution in [0.15, 0.2) is 54.6 Å². The number of rotatable bonds is 4. The maximum absolute atomic E-state index is 12.8. The van der Waals surface area contributed by atoms with E-state index in [0.29, 0.717) is 13.0 Å². The third kappa shape index (κ3) is 3.56. The summed E-state index contributed by atoms with van der Waals surface area (Å²) in [5.41, 5.74) is 3.00. The van der Waals surface area contributed by atoms with Gasteiger partial charge < -0.3 is 4.90 Å². The first-order chi connectivity index (χ1) is 11.7. The molecule has 0 spiro atoms. The van der Waals surface area contributed by atoms with Crippen molar-refractivity contribution in [3.05, 3.63) is 60.2 Å². The van der Waals surface area contributed by atoms with Gasteiger partial charge in [0, 0.05) is 31.0 Å². The quantitative estimate of drug-likeness (QED) is 0.792. The van der Waals surface area contributed by atoms with Crippen LogP contribution in [-0.4, -0.2) is 29.7 Å². The molecule has 1 aliphatic heterocycles. The van der Waals surface area contributed by atoms with Gasteiger partial charge in [-0.1, -0.05) is 61.5 Å². The second kappa shape index (κ2) is 7.43. The van der Waals surface area contributed by atoms with Crippen molar-refractivity contribution < 1.29 is 9.59 Å². The largest absolute Gasteiger partial charge is 0.342 e. The van der Waals surface area contributed by atoms with Crippen LogP contribution in [0.1, 0.15) is 36.5 Å². The van der Waals surface area contributed by atoms with E-state index in [1.165, 1.54) is 0 Å². The lowest BCUT2D eigenvalue weighted by Crippen LogP contribution is -2.42. The second-order valence-electron chi connectivity index (χ2n) is 6.34. The summed E-state index contributed by atoms with van der Waals surface area (Å²) >= 11 is 0. The van der Waals surface area contributed by atoms with E-state index in [1.54, 1.807) is 0 Å². The number of amides is 1. The third-order valence-electron chi connectivity index (χ3n) is 4.72. The fourth-order valence-corrected chi connectivity index (χ4v) is 3.33. The number of likely N-dealkylation sites (tertiary alicyclic amines) is 1. The predicted molar refractivity (Wildman–Crippen MR) is 95.8 cm³/mol. The highest BCUT2D eigenvalue weighted by Gasteiger charge is 2.28. The van der Waals surface area contributed by atoms with Crippen LogP contribution in [0.2, 0.25) is 0 Å². The first-order valence-corrected chi connectivity index (χ1v) is 8.66. The van der Waals surface area contributed by atoms with E-state index in [4.69, 9.17) is 0 Å². The highest BCUT2D eigenvalue weighted by atomic mass is 16.2. The van der Waals surface area contributed by atoms with Crippen molar-refractivity contribution in [3.8, 4) is 11.1 Å². The van der Waals surface area contributed by atoms with Crippen molar-refractivity contribution in [1.29, 1.82) is 0 Å². The molecule has 0 saturated carbocycles. The van der Waals surface area contributed by atoms with E-state index < -0.39 is 0 Å². The molecule has 0 aliphatic carbocycles. The molecule has 1 saturated heterocycles. The zero-order chi connectivity index (χ0) is 16.9. The Morgan fingerprint density at radius 1 is 1.00 bits per heavy atom. The summed E-state index contributed by atoms with van der Waals surface area (Å²) in [5, 5.41) is 0. The number of benzene rings is 2. The van der Waals surface area contributed by atoms with Gasteiger partial charge in [0.1, 0.15) is 0 Å². The molecule has 3 rings (SSSR count). The second-order valence-corrected chi connectivity index (χ2v) is 6.34. The molecular weight excluding hydrogens is 298 g/mol. The Labute approximate surface area is 143 Å². The van der Waals surface area contributed by atoms with Crippen LogP contribution in [0.3, 0.4) is 0 Å². The first kappa shape index (κ1) is 16.4. The van der Waals surface area contributed by atoms with Crippen molar-refractivity contribution in [2.75, 3.05) is 13.1 Å². The molecule has 3 nitrogen and oxygen atoms in total. The summed E-state index contributed by atoms with van der Waals surface area (Å²) in [7, 11) is 0. The van der Waals surface area contributed by atoms with E-state index >= 15 is 0 Å². The summed E-state index contributed by atoms with van der Waals surface area (Å²) in [6.45, 7) is 3.21. The Kier molecular flexibility index (Phi) is 5.09. The zero-order valence-corrected chi connectivity index (χ0v) is 14.1. The summed E-state index contributed by atoms with van der Waals surface area (Å²) in [5.74, 6) is 0.229. The minimum Gasteiger partial charge on any atom is -0.342 e. The van der Waals surface area contributed by atoms with Crippen molar-refractivity contribution in [1.82, 2.24) is 4.90 Å². The lowest BCUT2D eigenvalue weighted by atomic mass is 9.89. The molecule has 124 valence electrons. The van der Waals surface area contributed by atoms with E-state index in [1.807, 2.05) is 54.3 Å². The summed E-state index contributed by atoms with van der Waals surface area (Å²) in [6, 6.07) is 18.0. The predicted octanol–water partition coefficient (Wildman–Crippen LogP) is 4.18. The monoisotopic (exact) mass is 321 g/mol. The Morgan fingerprint density at radius 3 is 2.33 bits per heavy atom. The minimum absolute atomic E-state index is 0.0724. The molecule has 1 fully saturated rings. The smallest absolute Gasteiger partial charge is 0.222 e. The molecule has 1 atom stereocenters. The Hall–Kier alpha value is -2.42. The van der Waals surface area contributed by atoms with E-state index in [2.05, 4.69) is 12.1 Å². The first-order valence-electron chi connectivity index (χ1n) is 8.66. The standard InChI is InChI=1S/C21H23NO2/c1-2-20(23)22-14-6-9-19(15-22)21(24)18-12-10-17(11-13-18)16-7-4-3-5-8-16/h3-5,7-8,10-13,19H,2,6,9,14-15H2,1H3/t19-/m1/s1. The Bertz CT molecular complexity index is 706. The van der Waals surface area contributed by atoms with Crippen LogP contribution in [-0.2, 0) is 4.79 Å². The number of ketones is 1. The van der Waals surface area contributed by atoms with Gasteiger partial charge in [0.05, 0.1) is 0 Å². The van der Waals surface area contributed by atoms with Crippen molar-refractivity contribution >= 4 is 11.7 Å². The Morgan fingerprint density at radius 2 is 1.67 bits per heavy atom. The SMILES string of the molecule is CCC(=O)N1CCC[C@@H](C(=O)c2ccc(-c3ccccc3)cc2)C1. The molecular formula is C21H23NO2. The van der Waals surface area contributed by atoms with Crippen LogP contribution in [0, 0.1) is 5.92 Å².